The Morgan fingerprint density at radius 3 is 0.820 bits per heavy atom. The zero-order chi connectivity index (χ0) is 91.4. The van der Waals surface area contributed by atoms with Crippen molar-refractivity contribution in [2.45, 2.75) is 174 Å². The molecule has 0 fully saturated rings. The van der Waals surface area contributed by atoms with Crippen molar-refractivity contribution in [1.29, 1.82) is 0 Å². The van der Waals surface area contributed by atoms with Crippen LogP contribution in [0.4, 0.5) is 0 Å². The van der Waals surface area contributed by atoms with Gasteiger partial charge in [-0.25, -0.2) is 0 Å². The summed E-state index contributed by atoms with van der Waals surface area (Å²) in [7, 11) is 0. The predicted molar refractivity (Wildman–Crippen MR) is 564 cm³/mol. The number of hydrogen-bond acceptors (Lipinski definition) is 0. The van der Waals surface area contributed by atoms with Gasteiger partial charge in [-0.3, -0.25) is 0 Å². The molecule has 0 bridgehead atoms. The number of aryl methyl sites for hydroxylation is 1. The molecule has 133 heavy (non-hydrogen) atoms. The summed E-state index contributed by atoms with van der Waals surface area (Å²) in [4.78, 5) is 0. The van der Waals surface area contributed by atoms with Crippen LogP contribution in [0.5, 0.6) is 0 Å². The molecule has 0 unspecified atom stereocenters. The smallest absolute Gasteiger partial charge is 0.0714 e. The van der Waals surface area contributed by atoms with Crippen LogP contribution >= 0.6 is 0 Å². The fourth-order valence-electron chi connectivity index (χ4n) is 24.1. The summed E-state index contributed by atoms with van der Waals surface area (Å²) in [6.07, 6.45) is 1.06. The maximum atomic E-state index is 2.63. The maximum absolute atomic E-state index is 2.63. The summed E-state index contributed by atoms with van der Waals surface area (Å²) in [5, 5.41) is 9.93. The summed E-state index contributed by atoms with van der Waals surface area (Å²) in [6, 6.07) is 139. The van der Waals surface area contributed by atoms with Crippen LogP contribution in [-0.2, 0) is 49.7 Å². The highest BCUT2D eigenvalue weighted by Gasteiger charge is 2.49. The van der Waals surface area contributed by atoms with E-state index in [1.807, 2.05) is 0 Å². The molecule has 4 aromatic heterocycles. The maximum Gasteiger partial charge on any atom is 0.0714 e. The van der Waals surface area contributed by atoms with Crippen molar-refractivity contribution >= 4 is 87.2 Å². The largest absolute Gasteiger partial charge is 0.309 e. The quantitative estimate of drug-likeness (QED) is 0.130. The van der Waals surface area contributed by atoms with Gasteiger partial charge in [-0.2, -0.15) is 0 Å². The first-order chi connectivity index (χ1) is 63.7. The van der Waals surface area contributed by atoms with Crippen LogP contribution in [0.1, 0.15) is 207 Å². The zero-order valence-corrected chi connectivity index (χ0v) is 80.0. The molecule has 0 radical (unpaired) electrons. The Labute approximate surface area is 782 Å². The molecular weight excluding hydrogens is 1610 g/mol. The van der Waals surface area contributed by atoms with Crippen LogP contribution in [0.25, 0.3) is 154 Å². The normalized spacial score (nSPS) is 14.5. The van der Waals surface area contributed by atoms with Gasteiger partial charge in [0.05, 0.1) is 55.0 Å². The van der Waals surface area contributed by atoms with Crippen molar-refractivity contribution < 1.29 is 0 Å². The number of nitrogens with zero attached hydrogens (tertiary/aromatic N) is 4. The minimum atomic E-state index is -0.795. The van der Waals surface area contributed by atoms with Crippen molar-refractivity contribution in [3.8, 4) is 67.3 Å². The van der Waals surface area contributed by atoms with Gasteiger partial charge in [0, 0.05) is 65.8 Å². The fourth-order valence-corrected chi connectivity index (χ4v) is 24.1. The summed E-state index contributed by atoms with van der Waals surface area (Å²) in [5.74, 6) is 0. The monoisotopic (exact) mass is 1720 g/mol. The highest BCUT2D eigenvalue weighted by Crippen LogP contribution is 2.61. The van der Waals surface area contributed by atoms with Gasteiger partial charge in [-0.15, -0.1) is 0 Å². The van der Waals surface area contributed by atoms with Crippen LogP contribution in [0, 0.1) is 6.92 Å². The molecule has 17 aromatic carbocycles. The number of rotatable bonds is 10. The zero-order valence-electron chi connectivity index (χ0n) is 80.0. The van der Waals surface area contributed by atoms with Gasteiger partial charge in [0.15, 0.2) is 0 Å². The van der Waals surface area contributed by atoms with E-state index in [0.29, 0.717) is 0 Å². The Morgan fingerprint density at radius 2 is 0.489 bits per heavy atom. The van der Waals surface area contributed by atoms with E-state index in [0.717, 1.165) is 45.6 Å². The minimum absolute atomic E-state index is 0.00457. The van der Waals surface area contributed by atoms with Crippen LogP contribution in [0.15, 0.2) is 352 Å². The molecule has 4 heterocycles. The van der Waals surface area contributed by atoms with Crippen molar-refractivity contribution in [1.82, 2.24) is 18.3 Å². The SMILES string of the molecule is Cc1cc(-c2ccc3c(c2)c2cc(C4(c5ccc6c(c5)c5cc(C7(c8ccc9c(c8)c8cc%10c(cc8n9-c8ccc(C(C)(C)C)cc8)CC%10(C)C)c8ccccc8-c8ccccc87)ccc5n6-c5ccc(-c6ccc(-n7c8ccc(C(C)(C)C)cc8c8cc(C(C)(C)C)ccc87)cc6)cc5)c5ccccc5-c5ccccc54)ccc2n3-c2ccc(C(C)(C)C)cc2)ccc1C(C)(C)C. The van der Waals surface area contributed by atoms with Crippen LogP contribution < -0.4 is 0 Å². The Hall–Kier alpha value is -14.1. The van der Waals surface area contributed by atoms with Crippen molar-refractivity contribution in [2.75, 3.05) is 0 Å². The summed E-state index contributed by atoms with van der Waals surface area (Å²) in [5.41, 5.74) is 43.3. The fraction of sp³-hybridized carbons (Fsp3) is 0.209. The molecule has 3 aliphatic carbocycles. The number of benzene rings is 17. The van der Waals surface area contributed by atoms with E-state index in [9.17, 15) is 0 Å². The van der Waals surface area contributed by atoms with Crippen molar-refractivity contribution in [2.24, 2.45) is 0 Å². The third-order valence-electron chi connectivity index (χ3n) is 31.0. The molecule has 4 nitrogen and oxygen atoms in total. The Kier molecular flexibility index (Phi) is 17.7. The van der Waals surface area contributed by atoms with Crippen molar-refractivity contribution in [3.63, 3.8) is 0 Å². The van der Waals surface area contributed by atoms with Gasteiger partial charge >= 0.3 is 0 Å². The molecule has 24 rings (SSSR count). The van der Waals surface area contributed by atoms with Gasteiger partial charge in [0.1, 0.15) is 0 Å². The van der Waals surface area contributed by atoms with Crippen molar-refractivity contribution in [3.05, 3.63) is 441 Å². The van der Waals surface area contributed by atoms with Crippen LogP contribution in [0.2, 0.25) is 0 Å². The average molecular weight is 1720 g/mol. The molecule has 0 aliphatic heterocycles. The molecule has 0 amide bonds. The molecule has 0 saturated carbocycles. The standard InChI is InChI=1S/C129H114N4/c1-78-67-81(39-59-108(78)126(14,15)16)82-40-60-114-100(68-82)103-72-88(47-63-117(103)132(114)94-55-41-84(42-56-94)122(2,3)4)128(109-31-23-19-27-96(109)97-28-20-24-32-110(97)128)89-48-64-118-104(73-89)105-74-90(49-65-119(105)131(118)93-53-37-80(38-54-93)79-35-51-92(52-36-79)130-115-61-45-86(124(8,9)10)70-101(115)102-71-87(125(11,12)13)46-62-116(102)130)129(111-33-25-21-29-98(111)99-30-22-26-34-112(99)129)91-50-66-120-106(75-91)107-76-113-83(77-127(113,17)18)69-121(107)133(120)95-57-43-85(44-58-95)123(5,6)7/h19-76H,77H2,1-18H3. The van der Waals surface area contributed by atoms with Crippen LogP contribution in [0.3, 0.4) is 0 Å². The topological polar surface area (TPSA) is 19.7 Å². The molecule has 0 saturated heterocycles. The van der Waals surface area contributed by atoms with Gasteiger partial charge in [-0.1, -0.05) is 324 Å². The lowest BCUT2D eigenvalue weighted by Crippen LogP contribution is -2.32. The first kappa shape index (κ1) is 82.1. The lowest BCUT2D eigenvalue weighted by atomic mass is 9.66. The molecular formula is C129H114N4. The third kappa shape index (κ3) is 12.3. The molecule has 0 N–H and O–H groups in total. The molecule has 3 aliphatic rings. The first-order valence-corrected chi connectivity index (χ1v) is 48.0. The molecule has 0 spiro atoms. The highest BCUT2D eigenvalue weighted by atomic mass is 15.0. The molecule has 650 valence electrons. The summed E-state index contributed by atoms with van der Waals surface area (Å²) < 4.78 is 10.1. The molecule has 21 aromatic rings. The van der Waals surface area contributed by atoms with Gasteiger partial charge in [0.2, 0.25) is 0 Å². The van der Waals surface area contributed by atoms with Gasteiger partial charge in [-0.05, 0) is 325 Å². The van der Waals surface area contributed by atoms with E-state index in [1.54, 1.807) is 0 Å². The Bertz CT molecular complexity index is 8310. The molecule has 4 heteroatoms. The van der Waals surface area contributed by atoms with E-state index in [-0.39, 0.29) is 32.5 Å². The highest BCUT2D eigenvalue weighted by molar-refractivity contribution is 6.15. The second-order valence-electron chi connectivity index (χ2n) is 44.7. The van der Waals surface area contributed by atoms with E-state index in [4.69, 9.17) is 0 Å². The third-order valence-corrected chi connectivity index (χ3v) is 31.0. The van der Waals surface area contributed by atoms with E-state index in [2.05, 4.69) is 495 Å². The second-order valence-corrected chi connectivity index (χ2v) is 44.7. The average Bonchev–Trinajstić information content (AvgIpc) is 1.53. The first-order valence-electron chi connectivity index (χ1n) is 48.0. The van der Waals surface area contributed by atoms with E-state index < -0.39 is 10.8 Å². The second kappa shape index (κ2) is 28.7. The summed E-state index contributed by atoms with van der Waals surface area (Å²) in [6.45, 7) is 41.8. The lowest BCUT2D eigenvalue weighted by molar-refractivity contribution is 0.456. The number of aromatic nitrogens is 4. The lowest BCUT2D eigenvalue weighted by Gasteiger charge is -2.38. The Morgan fingerprint density at radius 1 is 0.218 bits per heavy atom. The molecule has 0 atom stereocenters. The van der Waals surface area contributed by atoms with E-state index >= 15 is 0 Å². The van der Waals surface area contributed by atoms with Crippen LogP contribution in [-0.4, -0.2) is 18.3 Å². The minimum Gasteiger partial charge on any atom is -0.309 e. The number of hydrogen-bond donors (Lipinski definition) is 0. The Balaban J connectivity index is 0.738. The number of fused-ring (bicyclic) bond motifs is 19. The van der Waals surface area contributed by atoms with Gasteiger partial charge in [0.25, 0.3) is 0 Å². The predicted octanol–water partition coefficient (Wildman–Crippen LogP) is 33.8. The van der Waals surface area contributed by atoms with E-state index in [1.165, 1.54) is 204 Å². The summed E-state index contributed by atoms with van der Waals surface area (Å²) >= 11 is 0. The van der Waals surface area contributed by atoms with Gasteiger partial charge < -0.3 is 18.3 Å².